The quantitative estimate of drug-likeness (QED) is 0.133. The van der Waals surface area contributed by atoms with Gasteiger partial charge in [-0.15, -0.1) is 0 Å². The Hall–Kier alpha value is -3.04. The van der Waals surface area contributed by atoms with E-state index in [9.17, 15) is 19.7 Å². The highest BCUT2D eigenvalue weighted by molar-refractivity contribution is 8.04. The first-order chi connectivity index (χ1) is 12.9. The first kappa shape index (κ1) is 18.7. The second-order valence-electron chi connectivity index (χ2n) is 6.16. The second-order valence-corrected chi connectivity index (χ2v) is 7.74. The number of β-lactam (4-membered cyclic amide) rings is 1. The Bertz CT molecular complexity index is 893. The predicted molar refractivity (Wildman–Crippen MR) is 96.0 cm³/mol. The van der Waals surface area contributed by atoms with Gasteiger partial charge in [-0.1, -0.05) is 16.9 Å². The number of ether oxygens (including phenoxy) is 1. The molecule has 0 aliphatic carbocycles. The smallest absolute Gasteiger partial charge is 0.356 e. The van der Waals surface area contributed by atoms with Crippen molar-refractivity contribution in [3.05, 3.63) is 61.0 Å². The van der Waals surface area contributed by atoms with E-state index in [1.165, 1.54) is 40.9 Å². The summed E-state index contributed by atoms with van der Waals surface area (Å²) in [5.74, 6) is -0.806. The number of fused-ring (bicyclic) bond motifs is 1. The molecule has 1 atom stereocenters. The fourth-order valence-electron chi connectivity index (χ4n) is 2.99. The van der Waals surface area contributed by atoms with Gasteiger partial charge in [-0.2, -0.15) is 0 Å². The van der Waals surface area contributed by atoms with E-state index in [2.05, 4.69) is 10.0 Å². The molecule has 0 aromatic heterocycles. The van der Waals surface area contributed by atoms with Crippen LogP contribution in [0.2, 0.25) is 0 Å². The molecule has 27 heavy (non-hydrogen) atoms. The van der Waals surface area contributed by atoms with Gasteiger partial charge in [0, 0.05) is 28.5 Å². The minimum absolute atomic E-state index is 0.0535. The van der Waals surface area contributed by atoms with Crippen LogP contribution in [0.15, 0.2) is 40.0 Å². The summed E-state index contributed by atoms with van der Waals surface area (Å²) in [5, 5.41) is 14.2. The lowest BCUT2D eigenvalue weighted by Crippen LogP contribution is -2.57. The van der Waals surface area contributed by atoms with Crippen LogP contribution >= 0.6 is 11.8 Å². The standard InChI is InChI=1S/C16H15N5O5S/c1-16-8-13(22)20(16)14(12(27-16)6-7-18-19-17)15(23)26-9-10-2-4-11(5-3-10)21(24)25/h2-5H,6-9H2,1H3/t16-/m1/s1. The van der Waals surface area contributed by atoms with Crippen molar-refractivity contribution in [1.82, 2.24) is 4.90 Å². The summed E-state index contributed by atoms with van der Waals surface area (Å²) in [6.07, 6.45) is 0.665. The molecule has 1 saturated heterocycles. The average molecular weight is 389 g/mol. The van der Waals surface area contributed by atoms with Crippen LogP contribution in [0.3, 0.4) is 0 Å². The third kappa shape index (κ3) is 3.60. The molecule has 0 N–H and O–H groups in total. The van der Waals surface area contributed by atoms with Gasteiger partial charge in [-0.05, 0) is 36.6 Å². The molecule has 1 aromatic rings. The zero-order valence-electron chi connectivity index (χ0n) is 14.3. The molecule has 0 spiro atoms. The minimum atomic E-state index is -0.645. The number of thioether (sulfide) groups is 1. The van der Waals surface area contributed by atoms with Gasteiger partial charge in [-0.25, -0.2) is 4.79 Å². The van der Waals surface area contributed by atoms with Gasteiger partial charge in [0.15, 0.2) is 0 Å². The van der Waals surface area contributed by atoms with Crippen LogP contribution in [-0.2, 0) is 20.9 Å². The molecule has 2 heterocycles. The number of benzene rings is 1. The Morgan fingerprint density at radius 1 is 1.48 bits per heavy atom. The van der Waals surface area contributed by atoms with Gasteiger partial charge in [0.25, 0.3) is 5.69 Å². The number of carbonyl (C=O) groups is 2. The predicted octanol–water partition coefficient (Wildman–Crippen LogP) is 3.25. The first-order valence-corrected chi connectivity index (χ1v) is 8.84. The normalized spacial score (nSPS) is 20.6. The summed E-state index contributed by atoms with van der Waals surface area (Å²) < 4.78 is 5.32. The molecule has 10 nitrogen and oxygen atoms in total. The number of rotatable bonds is 7. The maximum atomic E-state index is 12.6. The fraction of sp³-hybridized carbons (Fsp3) is 0.375. The lowest BCUT2D eigenvalue weighted by atomic mass is 10.0. The van der Waals surface area contributed by atoms with Crippen LogP contribution in [0.4, 0.5) is 5.69 Å². The summed E-state index contributed by atoms with van der Waals surface area (Å²) in [6.45, 7) is 1.96. The first-order valence-electron chi connectivity index (χ1n) is 8.02. The molecule has 0 radical (unpaired) electrons. The molecule has 2 aliphatic heterocycles. The number of hydrogen-bond acceptors (Lipinski definition) is 7. The molecule has 2 aliphatic rings. The number of nitro groups is 1. The van der Waals surface area contributed by atoms with Crippen molar-refractivity contribution < 1.29 is 19.2 Å². The summed E-state index contributed by atoms with van der Waals surface area (Å²) in [6, 6.07) is 5.67. The van der Waals surface area contributed by atoms with E-state index < -0.39 is 15.8 Å². The number of esters is 1. The lowest BCUT2D eigenvalue weighted by Gasteiger charge is -2.44. The van der Waals surface area contributed by atoms with Crippen molar-refractivity contribution in [2.75, 3.05) is 6.54 Å². The molecule has 0 bridgehead atoms. The third-order valence-electron chi connectivity index (χ3n) is 4.24. The molecule has 1 aromatic carbocycles. The fourth-order valence-corrected chi connectivity index (χ4v) is 4.47. The molecule has 140 valence electrons. The van der Waals surface area contributed by atoms with E-state index >= 15 is 0 Å². The maximum absolute atomic E-state index is 12.6. The monoisotopic (exact) mass is 389 g/mol. The van der Waals surface area contributed by atoms with Gasteiger partial charge in [0.1, 0.15) is 17.2 Å². The molecular formula is C16H15N5O5S. The molecule has 0 saturated carbocycles. The van der Waals surface area contributed by atoms with Crippen molar-refractivity contribution in [1.29, 1.82) is 0 Å². The molecule has 1 amide bonds. The highest BCUT2D eigenvalue weighted by Crippen LogP contribution is 2.55. The number of hydrogen-bond donors (Lipinski definition) is 0. The minimum Gasteiger partial charge on any atom is -0.456 e. The van der Waals surface area contributed by atoms with Gasteiger partial charge < -0.3 is 4.74 Å². The van der Waals surface area contributed by atoms with Crippen LogP contribution < -0.4 is 0 Å². The Balaban J connectivity index is 1.73. The van der Waals surface area contributed by atoms with Crippen LogP contribution in [0, 0.1) is 10.1 Å². The largest absolute Gasteiger partial charge is 0.456 e. The van der Waals surface area contributed by atoms with Crippen LogP contribution in [0.1, 0.15) is 25.3 Å². The lowest BCUT2D eigenvalue weighted by molar-refractivity contribution is -0.384. The summed E-state index contributed by atoms with van der Waals surface area (Å²) in [7, 11) is 0. The summed E-state index contributed by atoms with van der Waals surface area (Å²) >= 11 is 1.41. The maximum Gasteiger partial charge on any atom is 0.356 e. The Morgan fingerprint density at radius 3 is 2.78 bits per heavy atom. The number of azide groups is 1. The van der Waals surface area contributed by atoms with E-state index in [4.69, 9.17) is 10.3 Å². The average Bonchev–Trinajstić information content (AvgIpc) is 2.87. The van der Waals surface area contributed by atoms with E-state index in [1.54, 1.807) is 0 Å². The molecule has 1 fully saturated rings. The highest BCUT2D eigenvalue weighted by atomic mass is 32.2. The number of nitro benzene ring substituents is 1. The van der Waals surface area contributed by atoms with Crippen molar-refractivity contribution in [2.45, 2.75) is 31.2 Å². The van der Waals surface area contributed by atoms with E-state index in [1.807, 2.05) is 6.92 Å². The molecule has 3 rings (SSSR count). The van der Waals surface area contributed by atoms with Crippen molar-refractivity contribution in [3.8, 4) is 0 Å². The van der Waals surface area contributed by atoms with Gasteiger partial charge in [0.05, 0.1) is 11.3 Å². The number of non-ortho nitro benzene ring substituents is 1. The molecular weight excluding hydrogens is 374 g/mol. The van der Waals surface area contributed by atoms with Crippen LogP contribution in [-0.4, -0.2) is 33.1 Å². The number of nitrogens with zero attached hydrogens (tertiary/aromatic N) is 5. The zero-order chi connectivity index (χ0) is 19.6. The van der Waals surface area contributed by atoms with Crippen molar-refractivity contribution in [2.24, 2.45) is 5.11 Å². The third-order valence-corrected chi connectivity index (χ3v) is 5.66. The van der Waals surface area contributed by atoms with Gasteiger partial charge in [0.2, 0.25) is 5.91 Å². The Labute approximate surface area is 157 Å². The van der Waals surface area contributed by atoms with Gasteiger partial charge in [-0.3, -0.25) is 19.8 Å². The number of carbonyl (C=O) groups excluding carboxylic acids is 2. The summed E-state index contributed by atoms with van der Waals surface area (Å²) in [5.41, 5.74) is 9.15. The number of amides is 1. The second kappa shape index (κ2) is 7.29. The Kier molecular flexibility index (Phi) is 5.06. The van der Waals surface area contributed by atoms with Crippen LogP contribution in [0.25, 0.3) is 10.4 Å². The van der Waals surface area contributed by atoms with E-state index in [-0.39, 0.29) is 30.4 Å². The SMILES string of the molecule is C[C@@]12CC(=O)N1C(C(=O)OCc1ccc([N+](=O)[O-])cc1)=C(CCN=[N+]=[N-])S2. The zero-order valence-corrected chi connectivity index (χ0v) is 15.1. The summed E-state index contributed by atoms with van der Waals surface area (Å²) in [4.78, 5) is 39.1. The van der Waals surface area contributed by atoms with E-state index in [0.29, 0.717) is 23.3 Å². The highest BCUT2D eigenvalue weighted by Gasteiger charge is 2.57. The molecule has 0 unspecified atom stereocenters. The van der Waals surface area contributed by atoms with Gasteiger partial charge >= 0.3 is 5.97 Å². The van der Waals surface area contributed by atoms with Crippen LogP contribution in [0.5, 0.6) is 0 Å². The van der Waals surface area contributed by atoms with E-state index in [0.717, 1.165) is 0 Å². The topological polar surface area (TPSA) is 139 Å². The van der Waals surface area contributed by atoms with Crippen molar-refractivity contribution >= 4 is 29.3 Å². The Morgan fingerprint density at radius 2 is 2.19 bits per heavy atom. The molecule has 11 heteroatoms. The van der Waals surface area contributed by atoms with Crippen molar-refractivity contribution in [3.63, 3.8) is 0 Å².